The van der Waals surface area contributed by atoms with Crippen molar-refractivity contribution in [2.75, 3.05) is 5.32 Å². The lowest BCUT2D eigenvalue weighted by Gasteiger charge is -2.08. The number of carbonyl (C=O) groups excluding carboxylic acids is 1. The number of hydrogen-bond acceptors (Lipinski definition) is 3. The average molecular weight is 357 g/mol. The molecule has 21 heavy (non-hydrogen) atoms. The van der Waals surface area contributed by atoms with E-state index in [1.807, 2.05) is 0 Å². The number of rotatable bonds is 3. The highest BCUT2D eigenvalue weighted by Gasteiger charge is 2.18. The van der Waals surface area contributed by atoms with E-state index in [-0.39, 0.29) is 5.69 Å². The van der Waals surface area contributed by atoms with Crippen molar-refractivity contribution in [2.24, 2.45) is 0 Å². The number of nitro benzene ring substituents is 1. The Morgan fingerprint density at radius 3 is 2.57 bits per heavy atom. The van der Waals surface area contributed by atoms with Crippen LogP contribution in [0.25, 0.3) is 0 Å². The van der Waals surface area contributed by atoms with Gasteiger partial charge in [-0.15, -0.1) is 0 Å². The third-order valence-electron chi connectivity index (χ3n) is 2.58. The molecule has 0 spiro atoms. The second kappa shape index (κ2) is 5.96. The van der Waals surface area contributed by atoms with E-state index < -0.39 is 33.7 Å². The quantitative estimate of drug-likeness (QED) is 0.669. The first kappa shape index (κ1) is 15.0. The van der Waals surface area contributed by atoms with Crippen molar-refractivity contribution in [2.45, 2.75) is 0 Å². The molecule has 0 fully saturated rings. The minimum absolute atomic E-state index is 0.0888. The van der Waals surface area contributed by atoms with Gasteiger partial charge in [-0.25, -0.2) is 8.78 Å². The molecule has 0 heterocycles. The molecule has 0 radical (unpaired) electrons. The molecule has 2 aromatic carbocycles. The van der Waals surface area contributed by atoms with Crippen LogP contribution in [0.4, 0.5) is 20.2 Å². The summed E-state index contributed by atoms with van der Waals surface area (Å²) in [5, 5.41) is 12.9. The predicted octanol–water partition coefficient (Wildman–Crippen LogP) is 3.89. The summed E-state index contributed by atoms with van der Waals surface area (Å²) in [6, 6.07) is 6.18. The fourth-order valence-electron chi connectivity index (χ4n) is 1.58. The fraction of sp³-hybridized carbons (Fsp3) is 0. The average Bonchev–Trinajstić information content (AvgIpc) is 2.43. The predicted molar refractivity (Wildman–Crippen MR) is 75.1 cm³/mol. The van der Waals surface area contributed by atoms with Crippen LogP contribution in [0.1, 0.15) is 10.4 Å². The Balaban J connectivity index is 2.34. The molecule has 8 heteroatoms. The molecule has 108 valence electrons. The molecule has 0 aromatic heterocycles. The summed E-state index contributed by atoms with van der Waals surface area (Å²) in [7, 11) is 0. The van der Waals surface area contributed by atoms with E-state index >= 15 is 0 Å². The van der Waals surface area contributed by atoms with Gasteiger partial charge in [-0.3, -0.25) is 14.9 Å². The molecule has 0 aliphatic carbocycles. The molecule has 0 aliphatic rings. The zero-order valence-electron chi connectivity index (χ0n) is 10.3. The molecule has 2 aromatic rings. The van der Waals surface area contributed by atoms with E-state index in [4.69, 9.17) is 0 Å². The maximum Gasteiger partial charge on any atom is 0.270 e. The SMILES string of the molecule is O=C(Nc1cc(F)ccc1Br)c1cc([N+](=O)[O-])ccc1F. The van der Waals surface area contributed by atoms with Crippen LogP contribution in [0.3, 0.4) is 0 Å². The van der Waals surface area contributed by atoms with E-state index in [1.54, 1.807) is 0 Å². The number of carbonyl (C=O) groups is 1. The highest BCUT2D eigenvalue weighted by molar-refractivity contribution is 9.10. The van der Waals surface area contributed by atoms with Gasteiger partial charge in [0.25, 0.3) is 11.6 Å². The molecule has 0 atom stereocenters. The van der Waals surface area contributed by atoms with Crippen molar-refractivity contribution in [1.29, 1.82) is 0 Å². The Morgan fingerprint density at radius 2 is 1.90 bits per heavy atom. The Hall–Kier alpha value is -2.35. The van der Waals surface area contributed by atoms with Crippen molar-refractivity contribution >= 4 is 33.2 Å². The first-order valence-electron chi connectivity index (χ1n) is 5.59. The number of amides is 1. The van der Waals surface area contributed by atoms with Gasteiger partial charge in [0.15, 0.2) is 0 Å². The zero-order valence-corrected chi connectivity index (χ0v) is 11.9. The normalized spacial score (nSPS) is 10.2. The third-order valence-corrected chi connectivity index (χ3v) is 3.27. The Kier molecular flexibility index (Phi) is 4.27. The Morgan fingerprint density at radius 1 is 1.19 bits per heavy atom. The summed E-state index contributed by atoms with van der Waals surface area (Å²) in [6.07, 6.45) is 0. The van der Waals surface area contributed by atoms with Gasteiger partial charge in [-0.05, 0) is 40.2 Å². The number of non-ortho nitro benzene ring substituents is 1. The van der Waals surface area contributed by atoms with Crippen LogP contribution in [0.5, 0.6) is 0 Å². The summed E-state index contributed by atoms with van der Waals surface area (Å²) in [6.45, 7) is 0. The number of benzene rings is 2. The molecular formula is C13H7BrF2N2O3. The Bertz CT molecular complexity index is 737. The van der Waals surface area contributed by atoms with Crippen molar-refractivity contribution < 1.29 is 18.5 Å². The molecule has 5 nitrogen and oxygen atoms in total. The maximum absolute atomic E-state index is 13.6. The van der Waals surface area contributed by atoms with Gasteiger partial charge < -0.3 is 5.32 Å². The van der Waals surface area contributed by atoms with Gasteiger partial charge >= 0.3 is 0 Å². The number of nitrogens with one attached hydrogen (secondary N) is 1. The fourth-order valence-corrected chi connectivity index (χ4v) is 1.93. The minimum Gasteiger partial charge on any atom is -0.321 e. The maximum atomic E-state index is 13.6. The summed E-state index contributed by atoms with van der Waals surface area (Å²) < 4.78 is 27.1. The highest BCUT2D eigenvalue weighted by atomic mass is 79.9. The highest BCUT2D eigenvalue weighted by Crippen LogP contribution is 2.24. The van der Waals surface area contributed by atoms with Gasteiger partial charge in [0, 0.05) is 16.6 Å². The summed E-state index contributed by atoms with van der Waals surface area (Å²) in [4.78, 5) is 21.9. The lowest BCUT2D eigenvalue weighted by Crippen LogP contribution is -2.14. The van der Waals surface area contributed by atoms with Crippen LogP contribution in [0.15, 0.2) is 40.9 Å². The number of nitro groups is 1. The summed E-state index contributed by atoms with van der Waals surface area (Å²) in [5.41, 5.74) is -0.828. The first-order valence-corrected chi connectivity index (χ1v) is 6.38. The van der Waals surface area contributed by atoms with Gasteiger partial charge in [0.05, 0.1) is 16.2 Å². The zero-order chi connectivity index (χ0) is 15.6. The van der Waals surface area contributed by atoms with Crippen molar-refractivity contribution in [3.8, 4) is 0 Å². The second-order valence-corrected chi connectivity index (χ2v) is 4.85. The van der Waals surface area contributed by atoms with Gasteiger partial charge in [0.2, 0.25) is 0 Å². The monoisotopic (exact) mass is 356 g/mol. The molecular weight excluding hydrogens is 350 g/mol. The van der Waals surface area contributed by atoms with E-state index in [9.17, 15) is 23.7 Å². The molecule has 1 amide bonds. The van der Waals surface area contributed by atoms with Crippen LogP contribution < -0.4 is 5.32 Å². The molecule has 0 saturated heterocycles. The van der Waals surface area contributed by atoms with Crippen LogP contribution in [-0.4, -0.2) is 10.8 Å². The van der Waals surface area contributed by atoms with E-state index in [0.717, 1.165) is 24.3 Å². The van der Waals surface area contributed by atoms with E-state index in [0.29, 0.717) is 4.47 Å². The first-order chi connectivity index (χ1) is 9.88. The molecule has 0 unspecified atom stereocenters. The van der Waals surface area contributed by atoms with Gasteiger partial charge in [-0.1, -0.05) is 0 Å². The van der Waals surface area contributed by atoms with Crippen molar-refractivity contribution in [1.82, 2.24) is 0 Å². The molecule has 0 saturated carbocycles. The van der Waals surface area contributed by atoms with Crippen molar-refractivity contribution in [3.63, 3.8) is 0 Å². The third kappa shape index (κ3) is 3.40. The summed E-state index contributed by atoms with van der Waals surface area (Å²) >= 11 is 3.10. The second-order valence-electron chi connectivity index (χ2n) is 4.00. The molecule has 0 aliphatic heterocycles. The number of halogens is 3. The summed E-state index contributed by atoms with van der Waals surface area (Å²) in [5.74, 6) is -2.42. The lowest BCUT2D eigenvalue weighted by molar-refractivity contribution is -0.384. The number of hydrogen-bond donors (Lipinski definition) is 1. The van der Waals surface area contributed by atoms with Gasteiger partial charge in [-0.2, -0.15) is 0 Å². The minimum atomic E-state index is -0.914. The number of nitrogens with zero attached hydrogens (tertiary/aromatic N) is 1. The van der Waals surface area contributed by atoms with Crippen LogP contribution >= 0.6 is 15.9 Å². The van der Waals surface area contributed by atoms with Crippen LogP contribution in [0, 0.1) is 21.7 Å². The number of anilines is 1. The topological polar surface area (TPSA) is 72.2 Å². The molecule has 2 rings (SSSR count). The lowest BCUT2D eigenvalue weighted by atomic mass is 10.1. The van der Waals surface area contributed by atoms with Gasteiger partial charge in [0.1, 0.15) is 11.6 Å². The standard InChI is InChI=1S/C13H7BrF2N2O3/c14-10-3-1-7(15)5-12(10)17-13(19)9-6-8(18(20)21)2-4-11(9)16/h1-6H,(H,17,19). The smallest absolute Gasteiger partial charge is 0.270 e. The van der Waals surface area contributed by atoms with Crippen LogP contribution in [-0.2, 0) is 0 Å². The van der Waals surface area contributed by atoms with E-state index in [2.05, 4.69) is 21.2 Å². The van der Waals surface area contributed by atoms with E-state index in [1.165, 1.54) is 12.1 Å². The largest absolute Gasteiger partial charge is 0.321 e. The Labute approximate surface area is 125 Å². The molecule has 1 N–H and O–H groups in total. The van der Waals surface area contributed by atoms with Crippen molar-refractivity contribution in [3.05, 3.63) is 68.2 Å². The van der Waals surface area contributed by atoms with Crippen LogP contribution in [0.2, 0.25) is 0 Å². The molecule has 0 bridgehead atoms.